The van der Waals surface area contributed by atoms with E-state index in [4.69, 9.17) is 9.47 Å². The van der Waals surface area contributed by atoms with Gasteiger partial charge in [-0.3, -0.25) is 14.5 Å². The fraction of sp³-hybridized carbons (Fsp3) is 0.238. The summed E-state index contributed by atoms with van der Waals surface area (Å²) in [7, 11) is 2.93. The number of ether oxygens (including phenoxy) is 3. The minimum absolute atomic E-state index is 0.0490. The van der Waals surface area contributed by atoms with Crippen LogP contribution in [0.25, 0.3) is 0 Å². The number of rotatable bonds is 4. The predicted octanol–water partition coefficient (Wildman–Crippen LogP) is 2.79. The smallest absolute Gasteiger partial charge is 0.337 e. The monoisotopic (exact) mass is 441 g/mol. The summed E-state index contributed by atoms with van der Waals surface area (Å²) < 4.78 is 15.3. The first-order valence-corrected chi connectivity index (χ1v) is 10.2. The van der Waals surface area contributed by atoms with Crippen LogP contribution >= 0.6 is 11.8 Å². The second-order valence-corrected chi connectivity index (χ2v) is 7.92. The van der Waals surface area contributed by atoms with Gasteiger partial charge in [0, 0.05) is 25.2 Å². The van der Waals surface area contributed by atoms with E-state index in [0.29, 0.717) is 33.6 Å². The first kappa shape index (κ1) is 20.7. The van der Waals surface area contributed by atoms with E-state index in [1.807, 2.05) is 0 Å². The highest BCUT2D eigenvalue weighted by atomic mass is 32.2. The van der Waals surface area contributed by atoms with Gasteiger partial charge in [0.05, 0.1) is 18.4 Å². The number of anilines is 1. The van der Waals surface area contributed by atoms with Crippen LogP contribution in [0.4, 0.5) is 11.4 Å². The van der Waals surface area contributed by atoms with Crippen molar-refractivity contribution in [2.75, 3.05) is 26.3 Å². The van der Waals surface area contributed by atoms with E-state index in [1.54, 1.807) is 49.5 Å². The lowest BCUT2D eigenvalue weighted by atomic mass is 10.2. The van der Waals surface area contributed by atoms with Gasteiger partial charge in [-0.2, -0.15) is 0 Å². The molecule has 2 amide bonds. The predicted molar refractivity (Wildman–Crippen MR) is 115 cm³/mol. The van der Waals surface area contributed by atoms with E-state index in [2.05, 4.69) is 15.0 Å². The molecular formula is C21H19N3O6S. The molecule has 1 saturated heterocycles. The average molecular weight is 441 g/mol. The Morgan fingerprint density at radius 1 is 1.16 bits per heavy atom. The number of thioether (sulfide) groups is 1. The molecule has 160 valence electrons. The molecule has 2 aromatic carbocycles. The molecule has 31 heavy (non-hydrogen) atoms. The molecular weight excluding hydrogens is 422 g/mol. The SMILES string of the molecule is COC(=O)c1ccc(NC(=O)[C@@H]2CC(=O)N(C)C(=Nc3ccc4c(c3)OCO4)S2)cc1. The van der Waals surface area contributed by atoms with Crippen LogP contribution in [0.3, 0.4) is 0 Å². The average Bonchev–Trinajstić information content (AvgIpc) is 3.24. The summed E-state index contributed by atoms with van der Waals surface area (Å²) in [5.41, 5.74) is 1.48. The Morgan fingerprint density at radius 3 is 2.65 bits per heavy atom. The number of nitrogens with one attached hydrogen (secondary N) is 1. The molecule has 0 bridgehead atoms. The Bertz CT molecular complexity index is 1070. The largest absolute Gasteiger partial charge is 0.465 e. The van der Waals surface area contributed by atoms with Crippen LogP contribution in [-0.4, -0.2) is 54.1 Å². The quantitative estimate of drug-likeness (QED) is 0.727. The number of amides is 2. The van der Waals surface area contributed by atoms with Crippen LogP contribution in [0.15, 0.2) is 47.5 Å². The number of carbonyl (C=O) groups excluding carboxylic acids is 3. The maximum atomic E-state index is 12.8. The summed E-state index contributed by atoms with van der Waals surface area (Å²) in [4.78, 5) is 42.7. The fourth-order valence-electron chi connectivity index (χ4n) is 2.99. The van der Waals surface area contributed by atoms with Crippen molar-refractivity contribution < 1.29 is 28.6 Å². The van der Waals surface area contributed by atoms with Gasteiger partial charge in [-0.25, -0.2) is 9.79 Å². The van der Waals surface area contributed by atoms with Gasteiger partial charge in [0.2, 0.25) is 18.6 Å². The number of nitrogens with zero attached hydrogens (tertiary/aromatic N) is 2. The number of esters is 1. The van der Waals surface area contributed by atoms with Crippen molar-refractivity contribution in [1.82, 2.24) is 4.90 Å². The molecule has 0 aliphatic carbocycles. The van der Waals surface area contributed by atoms with Gasteiger partial charge in [-0.1, -0.05) is 11.8 Å². The zero-order chi connectivity index (χ0) is 22.0. The highest BCUT2D eigenvalue weighted by Crippen LogP contribution is 2.36. The van der Waals surface area contributed by atoms with E-state index in [9.17, 15) is 14.4 Å². The van der Waals surface area contributed by atoms with E-state index < -0.39 is 11.2 Å². The van der Waals surface area contributed by atoms with E-state index >= 15 is 0 Å². The van der Waals surface area contributed by atoms with Crippen molar-refractivity contribution in [3.05, 3.63) is 48.0 Å². The molecule has 10 heteroatoms. The number of hydrogen-bond acceptors (Lipinski definition) is 8. The number of fused-ring (bicyclic) bond motifs is 1. The van der Waals surface area contributed by atoms with Crippen LogP contribution in [0.5, 0.6) is 11.5 Å². The van der Waals surface area contributed by atoms with Crippen molar-refractivity contribution >= 4 is 46.1 Å². The second kappa shape index (κ2) is 8.68. The van der Waals surface area contributed by atoms with Crippen LogP contribution < -0.4 is 14.8 Å². The summed E-state index contributed by atoms with van der Waals surface area (Å²) in [6.07, 6.45) is 0.0490. The van der Waals surface area contributed by atoms with E-state index in [-0.39, 0.29) is 25.0 Å². The third-order valence-corrected chi connectivity index (χ3v) is 5.96. The van der Waals surface area contributed by atoms with Gasteiger partial charge in [0.15, 0.2) is 16.7 Å². The van der Waals surface area contributed by atoms with Crippen molar-refractivity contribution in [2.45, 2.75) is 11.7 Å². The molecule has 0 aromatic heterocycles. The maximum Gasteiger partial charge on any atom is 0.337 e. The number of hydrogen-bond donors (Lipinski definition) is 1. The third-order valence-electron chi connectivity index (χ3n) is 4.72. The van der Waals surface area contributed by atoms with Crippen molar-refractivity contribution in [3.63, 3.8) is 0 Å². The number of carbonyl (C=O) groups is 3. The van der Waals surface area contributed by atoms with Crippen LogP contribution in [0.1, 0.15) is 16.8 Å². The van der Waals surface area contributed by atoms with Gasteiger partial charge in [0.25, 0.3) is 0 Å². The second-order valence-electron chi connectivity index (χ2n) is 6.75. The molecule has 2 aliphatic heterocycles. The lowest BCUT2D eigenvalue weighted by Crippen LogP contribution is -2.43. The van der Waals surface area contributed by atoms with Crippen LogP contribution in [0.2, 0.25) is 0 Å². The van der Waals surface area contributed by atoms with Crippen LogP contribution in [-0.2, 0) is 14.3 Å². The molecule has 2 heterocycles. The first-order valence-electron chi connectivity index (χ1n) is 9.35. The molecule has 4 rings (SSSR count). The Kier molecular flexibility index (Phi) is 5.81. The molecule has 2 aliphatic rings. The maximum absolute atomic E-state index is 12.8. The standard InChI is InChI=1S/C21H19N3O6S/c1-24-18(25)10-17(19(26)22-13-5-3-12(4-6-13)20(27)28-2)31-21(24)23-14-7-8-15-16(9-14)30-11-29-15/h3-9,17H,10-11H2,1-2H3,(H,22,26)/t17-/m0/s1. The summed E-state index contributed by atoms with van der Waals surface area (Å²) in [6, 6.07) is 11.5. The number of methoxy groups -OCH3 is 1. The van der Waals surface area contributed by atoms with Gasteiger partial charge in [-0.15, -0.1) is 0 Å². The molecule has 0 radical (unpaired) electrons. The zero-order valence-electron chi connectivity index (χ0n) is 16.8. The summed E-state index contributed by atoms with van der Waals surface area (Å²) in [5, 5.41) is 2.55. The Hall–Kier alpha value is -3.53. The number of amidine groups is 1. The Morgan fingerprint density at radius 2 is 1.90 bits per heavy atom. The summed E-state index contributed by atoms with van der Waals surface area (Å²) in [5.74, 6) is 0.232. The highest BCUT2D eigenvalue weighted by molar-refractivity contribution is 8.15. The van der Waals surface area contributed by atoms with Gasteiger partial charge in [0.1, 0.15) is 5.25 Å². The minimum atomic E-state index is -0.642. The first-order chi connectivity index (χ1) is 14.9. The van der Waals surface area contributed by atoms with Crippen molar-refractivity contribution in [3.8, 4) is 11.5 Å². The molecule has 1 fully saturated rings. The number of aliphatic imine (C=N–C) groups is 1. The van der Waals surface area contributed by atoms with Crippen LogP contribution in [0, 0.1) is 0 Å². The van der Waals surface area contributed by atoms with Gasteiger partial charge >= 0.3 is 5.97 Å². The molecule has 0 saturated carbocycles. The van der Waals surface area contributed by atoms with E-state index in [0.717, 1.165) is 0 Å². The molecule has 9 nitrogen and oxygen atoms in total. The molecule has 1 atom stereocenters. The van der Waals surface area contributed by atoms with Crippen molar-refractivity contribution in [2.24, 2.45) is 4.99 Å². The normalized spacial score (nSPS) is 18.8. The van der Waals surface area contributed by atoms with Gasteiger partial charge in [-0.05, 0) is 36.4 Å². The molecule has 2 aromatic rings. The minimum Gasteiger partial charge on any atom is -0.465 e. The third kappa shape index (κ3) is 4.48. The Labute approximate surface area is 182 Å². The summed E-state index contributed by atoms with van der Waals surface area (Å²) >= 11 is 1.21. The lowest BCUT2D eigenvalue weighted by Gasteiger charge is -2.28. The molecule has 0 spiro atoms. The highest BCUT2D eigenvalue weighted by Gasteiger charge is 2.34. The lowest BCUT2D eigenvalue weighted by molar-refractivity contribution is -0.128. The van der Waals surface area contributed by atoms with E-state index in [1.165, 1.54) is 23.8 Å². The van der Waals surface area contributed by atoms with Gasteiger partial charge < -0.3 is 19.5 Å². The molecule has 0 unspecified atom stereocenters. The topological polar surface area (TPSA) is 107 Å². The number of benzene rings is 2. The summed E-state index contributed by atoms with van der Waals surface area (Å²) in [6.45, 7) is 0.158. The zero-order valence-corrected chi connectivity index (χ0v) is 17.6. The fourth-order valence-corrected chi connectivity index (χ4v) is 4.06. The molecule has 1 N–H and O–H groups in total. The Balaban J connectivity index is 1.48. The van der Waals surface area contributed by atoms with Crippen molar-refractivity contribution in [1.29, 1.82) is 0 Å².